The van der Waals surface area contributed by atoms with Crippen LogP contribution in [0.15, 0.2) is 24.3 Å². The standard InChI is InChI=1S/C25H34N6O4/c1-5-26-24(32)27-19-8-6-18(7-9-19)22-28-21-14-30(25(33)35-16(2)3)11-10-20(21)23(29-22)31-12-13-34-15-17(31)4/h6-9,16-17H,5,10-15H2,1-4H3,(H2,26,27,32). The molecule has 10 heteroatoms. The van der Waals surface area contributed by atoms with E-state index >= 15 is 0 Å². The van der Waals surface area contributed by atoms with Crippen LogP contribution in [-0.4, -0.2) is 72.0 Å². The van der Waals surface area contributed by atoms with E-state index in [0.717, 1.165) is 29.2 Å². The van der Waals surface area contributed by atoms with E-state index < -0.39 is 0 Å². The van der Waals surface area contributed by atoms with Gasteiger partial charge in [-0.15, -0.1) is 0 Å². The Morgan fingerprint density at radius 2 is 1.97 bits per heavy atom. The maximum absolute atomic E-state index is 12.6. The van der Waals surface area contributed by atoms with Gasteiger partial charge in [0.05, 0.1) is 37.6 Å². The van der Waals surface area contributed by atoms with E-state index in [9.17, 15) is 9.59 Å². The third-order valence-electron chi connectivity index (χ3n) is 6.02. The molecule has 10 nitrogen and oxygen atoms in total. The van der Waals surface area contributed by atoms with Gasteiger partial charge in [-0.3, -0.25) is 0 Å². The van der Waals surface area contributed by atoms with Gasteiger partial charge in [-0.2, -0.15) is 0 Å². The lowest BCUT2D eigenvalue weighted by molar-refractivity contribution is 0.0724. The lowest BCUT2D eigenvalue weighted by Crippen LogP contribution is -2.46. The van der Waals surface area contributed by atoms with Gasteiger partial charge in [0.25, 0.3) is 0 Å². The van der Waals surface area contributed by atoms with E-state index in [1.807, 2.05) is 45.0 Å². The van der Waals surface area contributed by atoms with Gasteiger partial charge in [0.2, 0.25) is 0 Å². The van der Waals surface area contributed by atoms with Crippen LogP contribution < -0.4 is 15.5 Å². The third kappa shape index (κ3) is 5.82. The molecule has 4 rings (SSSR count). The second kappa shape index (κ2) is 10.9. The van der Waals surface area contributed by atoms with E-state index in [4.69, 9.17) is 19.4 Å². The molecule has 1 unspecified atom stereocenters. The first-order chi connectivity index (χ1) is 16.9. The number of nitrogens with zero attached hydrogens (tertiary/aromatic N) is 4. The number of hydrogen-bond donors (Lipinski definition) is 2. The number of carbonyl (C=O) groups excluding carboxylic acids is 2. The lowest BCUT2D eigenvalue weighted by atomic mass is 10.0. The largest absolute Gasteiger partial charge is 0.447 e. The Morgan fingerprint density at radius 1 is 1.20 bits per heavy atom. The van der Waals surface area contributed by atoms with Crippen molar-refractivity contribution in [3.8, 4) is 11.4 Å². The molecule has 3 heterocycles. The minimum absolute atomic E-state index is 0.179. The highest BCUT2D eigenvalue weighted by atomic mass is 16.6. The fourth-order valence-electron chi connectivity index (χ4n) is 4.29. The van der Waals surface area contributed by atoms with Gasteiger partial charge in [0.15, 0.2) is 5.82 Å². The number of urea groups is 1. The van der Waals surface area contributed by atoms with Gasteiger partial charge in [-0.1, -0.05) is 0 Å². The van der Waals surface area contributed by atoms with Crippen LogP contribution in [0, 0.1) is 0 Å². The monoisotopic (exact) mass is 482 g/mol. The molecule has 2 N–H and O–H groups in total. The van der Waals surface area contributed by atoms with Gasteiger partial charge in [-0.05, 0) is 58.4 Å². The molecule has 0 saturated carbocycles. The molecular weight excluding hydrogens is 448 g/mol. The van der Waals surface area contributed by atoms with Crippen molar-refractivity contribution in [3.63, 3.8) is 0 Å². The Hall–Kier alpha value is -3.40. The number of carbonyl (C=O) groups is 2. The summed E-state index contributed by atoms with van der Waals surface area (Å²) < 4.78 is 11.1. The van der Waals surface area contributed by atoms with Gasteiger partial charge in [-0.25, -0.2) is 19.6 Å². The van der Waals surface area contributed by atoms with Crippen molar-refractivity contribution in [1.82, 2.24) is 20.2 Å². The van der Waals surface area contributed by atoms with E-state index in [-0.39, 0.29) is 24.3 Å². The number of fused-ring (bicyclic) bond motifs is 1. The molecule has 0 bridgehead atoms. The summed E-state index contributed by atoms with van der Waals surface area (Å²) in [6, 6.07) is 7.38. The van der Waals surface area contributed by atoms with Crippen molar-refractivity contribution in [2.24, 2.45) is 0 Å². The summed E-state index contributed by atoms with van der Waals surface area (Å²) in [6.45, 7) is 11.2. The summed E-state index contributed by atoms with van der Waals surface area (Å²) in [6.07, 6.45) is 0.159. The number of aromatic nitrogens is 2. The molecule has 1 aromatic heterocycles. The van der Waals surface area contributed by atoms with E-state index in [2.05, 4.69) is 22.5 Å². The highest BCUT2D eigenvalue weighted by molar-refractivity contribution is 5.89. The molecule has 1 atom stereocenters. The van der Waals surface area contributed by atoms with Gasteiger partial charge in [0.1, 0.15) is 5.82 Å². The predicted molar refractivity (Wildman–Crippen MR) is 134 cm³/mol. The number of benzene rings is 1. The highest BCUT2D eigenvalue weighted by Crippen LogP contribution is 2.32. The van der Waals surface area contributed by atoms with Gasteiger partial charge >= 0.3 is 12.1 Å². The van der Waals surface area contributed by atoms with Crippen molar-refractivity contribution >= 4 is 23.6 Å². The lowest BCUT2D eigenvalue weighted by Gasteiger charge is -2.37. The highest BCUT2D eigenvalue weighted by Gasteiger charge is 2.31. The van der Waals surface area contributed by atoms with Crippen LogP contribution in [0.2, 0.25) is 0 Å². The van der Waals surface area contributed by atoms with Crippen LogP contribution in [0.4, 0.5) is 21.1 Å². The van der Waals surface area contributed by atoms with Crippen LogP contribution >= 0.6 is 0 Å². The molecule has 1 saturated heterocycles. The summed E-state index contributed by atoms with van der Waals surface area (Å²) in [7, 11) is 0. The molecule has 1 aromatic carbocycles. The van der Waals surface area contributed by atoms with Crippen molar-refractivity contribution in [2.75, 3.05) is 43.1 Å². The van der Waals surface area contributed by atoms with E-state index in [1.54, 1.807) is 4.90 Å². The first-order valence-electron chi connectivity index (χ1n) is 12.2. The maximum Gasteiger partial charge on any atom is 0.410 e. The smallest absolute Gasteiger partial charge is 0.410 e. The maximum atomic E-state index is 12.6. The summed E-state index contributed by atoms with van der Waals surface area (Å²) in [5, 5.41) is 5.52. The predicted octanol–water partition coefficient (Wildman–Crippen LogP) is 3.41. The number of morpholine rings is 1. The summed E-state index contributed by atoms with van der Waals surface area (Å²) >= 11 is 0. The molecule has 2 aliphatic heterocycles. The zero-order valence-corrected chi connectivity index (χ0v) is 20.8. The van der Waals surface area contributed by atoms with Crippen LogP contribution in [-0.2, 0) is 22.4 Å². The van der Waals surface area contributed by atoms with E-state index in [1.165, 1.54) is 0 Å². The number of anilines is 2. The molecule has 0 spiro atoms. The fourth-order valence-corrected chi connectivity index (χ4v) is 4.29. The Labute approximate surface area is 206 Å². The normalized spacial score (nSPS) is 17.7. The SMILES string of the molecule is CCNC(=O)Nc1ccc(-c2nc3c(c(N4CCOCC4C)n2)CCN(C(=O)OC(C)C)C3)cc1. The second-order valence-corrected chi connectivity index (χ2v) is 9.08. The Morgan fingerprint density at radius 3 is 2.66 bits per heavy atom. The van der Waals surface area contributed by atoms with Crippen molar-refractivity contribution < 1.29 is 19.1 Å². The zero-order valence-electron chi connectivity index (χ0n) is 20.8. The van der Waals surface area contributed by atoms with Gasteiger partial charge in [0, 0.05) is 36.4 Å². The zero-order chi connectivity index (χ0) is 24.9. The molecule has 0 radical (unpaired) electrons. The van der Waals surface area contributed by atoms with Crippen molar-refractivity contribution in [2.45, 2.75) is 52.8 Å². The Kier molecular flexibility index (Phi) is 7.70. The topological polar surface area (TPSA) is 109 Å². The first kappa shape index (κ1) is 24.7. The van der Waals surface area contributed by atoms with Crippen LogP contribution in [0.25, 0.3) is 11.4 Å². The number of amides is 3. The van der Waals surface area contributed by atoms with E-state index in [0.29, 0.717) is 50.8 Å². The minimum atomic E-state index is -0.326. The molecule has 2 aliphatic rings. The van der Waals surface area contributed by atoms with Crippen LogP contribution in [0.5, 0.6) is 0 Å². The molecule has 2 aromatic rings. The summed E-state index contributed by atoms with van der Waals surface area (Å²) in [5.74, 6) is 1.49. The first-order valence-corrected chi connectivity index (χ1v) is 12.2. The van der Waals surface area contributed by atoms with Crippen molar-refractivity contribution in [3.05, 3.63) is 35.5 Å². The average molecular weight is 483 g/mol. The average Bonchev–Trinajstić information content (AvgIpc) is 2.83. The number of hydrogen-bond acceptors (Lipinski definition) is 7. The molecule has 1 fully saturated rings. The number of rotatable bonds is 5. The third-order valence-corrected chi connectivity index (χ3v) is 6.02. The Bertz CT molecular complexity index is 1060. The molecule has 0 aliphatic carbocycles. The molecular formula is C25H34N6O4. The van der Waals surface area contributed by atoms with Crippen LogP contribution in [0.3, 0.4) is 0 Å². The van der Waals surface area contributed by atoms with Gasteiger partial charge < -0.3 is 29.9 Å². The molecule has 3 amide bonds. The molecule has 188 valence electrons. The number of nitrogens with one attached hydrogen (secondary N) is 2. The summed E-state index contributed by atoms with van der Waals surface area (Å²) in [4.78, 5) is 38.3. The summed E-state index contributed by atoms with van der Waals surface area (Å²) in [5.41, 5.74) is 3.42. The number of ether oxygens (including phenoxy) is 2. The second-order valence-electron chi connectivity index (χ2n) is 9.08. The molecule has 35 heavy (non-hydrogen) atoms. The fraction of sp³-hybridized carbons (Fsp3) is 0.520. The van der Waals surface area contributed by atoms with Crippen LogP contribution in [0.1, 0.15) is 39.0 Å². The Balaban J connectivity index is 1.67. The quantitative estimate of drug-likeness (QED) is 0.672. The van der Waals surface area contributed by atoms with Crippen molar-refractivity contribution in [1.29, 1.82) is 0 Å². The minimum Gasteiger partial charge on any atom is -0.447 e.